The molecule has 0 spiro atoms. The number of benzene rings is 1. The lowest BCUT2D eigenvalue weighted by Gasteiger charge is -2.09. The molecule has 100 valence electrons. The number of nitrogens with one attached hydrogen (secondary N) is 1. The third-order valence-electron chi connectivity index (χ3n) is 2.74. The third kappa shape index (κ3) is 3.06. The molecular weight excluding hydrogens is 260 g/mol. The molecule has 5 heteroatoms. The lowest BCUT2D eigenvalue weighted by molar-refractivity contribution is 0.103. The van der Waals surface area contributed by atoms with E-state index in [1.807, 2.05) is 12.1 Å². The molecule has 1 aromatic carbocycles. The van der Waals surface area contributed by atoms with E-state index in [4.69, 9.17) is 10.5 Å². The summed E-state index contributed by atoms with van der Waals surface area (Å²) >= 11 is 1.49. The van der Waals surface area contributed by atoms with E-state index < -0.39 is 0 Å². The minimum absolute atomic E-state index is 0.148. The number of hydrogen-bond acceptors (Lipinski definition) is 4. The summed E-state index contributed by atoms with van der Waals surface area (Å²) in [5, 5.41) is 2.81. The lowest BCUT2D eigenvalue weighted by Crippen LogP contribution is -2.11. The normalized spacial score (nSPS) is 10.2. The summed E-state index contributed by atoms with van der Waals surface area (Å²) in [5.74, 6) is 0.509. The topological polar surface area (TPSA) is 64.3 Å². The maximum absolute atomic E-state index is 12.1. The van der Waals surface area contributed by atoms with Gasteiger partial charge in [0, 0.05) is 10.9 Å². The Morgan fingerprint density at radius 3 is 2.79 bits per heavy atom. The van der Waals surface area contributed by atoms with Crippen LogP contribution in [0.2, 0.25) is 0 Å². The number of methoxy groups -OCH3 is 1. The first kappa shape index (κ1) is 13.4. The Labute approximate surface area is 116 Å². The van der Waals surface area contributed by atoms with Gasteiger partial charge in [-0.2, -0.15) is 0 Å². The van der Waals surface area contributed by atoms with E-state index in [9.17, 15) is 4.79 Å². The molecule has 0 aliphatic heterocycles. The van der Waals surface area contributed by atoms with E-state index in [-0.39, 0.29) is 5.91 Å². The number of ether oxygens (including phenoxy) is 1. The molecule has 4 nitrogen and oxygen atoms in total. The highest BCUT2D eigenvalue weighted by Gasteiger charge is 2.11. The van der Waals surface area contributed by atoms with E-state index in [0.29, 0.717) is 22.0 Å². The van der Waals surface area contributed by atoms with Gasteiger partial charge in [-0.15, -0.1) is 11.3 Å². The monoisotopic (exact) mass is 276 g/mol. The Kier molecular flexibility index (Phi) is 4.06. The van der Waals surface area contributed by atoms with Crippen LogP contribution in [0.1, 0.15) is 21.5 Å². The molecule has 1 aromatic heterocycles. The van der Waals surface area contributed by atoms with Gasteiger partial charge in [-0.25, -0.2) is 0 Å². The third-order valence-corrected chi connectivity index (χ3v) is 3.97. The predicted octanol–water partition coefficient (Wildman–Crippen LogP) is 3.15. The second-order valence-corrected chi connectivity index (χ2v) is 5.20. The highest BCUT2D eigenvalue weighted by molar-refractivity contribution is 7.14. The molecule has 0 unspecified atom stereocenters. The Hall–Kier alpha value is -2.01. The largest absolute Gasteiger partial charge is 0.497 e. The summed E-state index contributed by atoms with van der Waals surface area (Å²) < 4.78 is 5.11. The standard InChI is InChI=1S/C14H16N2O2S/c1-3-10-5-7-13(19-10)14(17)16-12-8-9(18-2)4-6-11(12)15/h4-8H,3,15H2,1-2H3,(H,16,17). The molecule has 1 heterocycles. The number of nitrogen functional groups attached to an aromatic ring is 1. The summed E-state index contributed by atoms with van der Waals surface area (Å²) in [5.41, 5.74) is 6.92. The zero-order valence-electron chi connectivity index (χ0n) is 10.9. The van der Waals surface area contributed by atoms with Gasteiger partial charge in [0.1, 0.15) is 5.75 Å². The highest BCUT2D eigenvalue weighted by Crippen LogP contribution is 2.26. The van der Waals surface area contributed by atoms with E-state index in [1.165, 1.54) is 16.2 Å². The number of hydrogen-bond donors (Lipinski definition) is 2. The van der Waals surface area contributed by atoms with Crippen LogP contribution in [0.15, 0.2) is 30.3 Å². The molecule has 1 amide bonds. The van der Waals surface area contributed by atoms with Crippen molar-refractivity contribution in [1.29, 1.82) is 0 Å². The quantitative estimate of drug-likeness (QED) is 0.843. The van der Waals surface area contributed by atoms with Crippen molar-refractivity contribution >= 4 is 28.6 Å². The molecule has 0 atom stereocenters. The number of nitrogens with two attached hydrogens (primary N) is 1. The van der Waals surface area contributed by atoms with Gasteiger partial charge < -0.3 is 15.8 Å². The number of amides is 1. The molecule has 0 aliphatic carbocycles. The summed E-state index contributed by atoms with van der Waals surface area (Å²) in [6, 6.07) is 8.97. The second-order valence-electron chi connectivity index (χ2n) is 4.03. The zero-order chi connectivity index (χ0) is 13.8. The molecule has 0 radical (unpaired) electrons. The van der Waals surface area contributed by atoms with E-state index in [1.54, 1.807) is 25.3 Å². The van der Waals surface area contributed by atoms with Crippen molar-refractivity contribution in [3.8, 4) is 5.75 Å². The number of carbonyl (C=O) groups excluding carboxylic acids is 1. The lowest BCUT2D eigenvalue weighted by atomic mass is 10.2. The number of thiophene rings is 1. The van der Waals surface area contributed by atoms with Crippen LogP contribution in [0.4, 0.5) is 11.4 Å². The summed E-state index contributed by atoms with van der Waals surface area (Å²) in [4.78, 5) is 14.0. The van der Waals surface area contributed by atoms with Crippen LogP contribution >= 0.6 is 11.3 Å². The van der Waals surface area contributed by atoms with Gasteiger partial charge in [0.05, 0.1) is 23.4 Å². The minimum Gasteiger partial charge on any atom is -0.497 e. The number of anilines is 2. The average Bonchev–Trinajstić information content (AvgIpc) is 2.90. The van der Waals surface area contributed by atoms with Crippen molar-refractivity contribution in [3.63, 3.8) is 0 Å². The van der Waals surface area contributed by atoms with Crippen LogP contribution < -0.4 is 15.8 Å². The van der Waals surface area contributed by atoms with Crippen LogP contribution in [0, 0.1) is 0 Å². The first-order valence-corrected chi connectivity index (χ1v) is 6.79. The van der Waals surface area contributed by atoms with E-state index in [0.717, 1.165) is 6.42 Å². The smallest absolute Gasteiger partial charge is 0.265 e. The van der Waals surface area contributed by atoms with Crippen LogP contribution in [-0.4, -0.2) is 13.0 Å². The molecule has 0 saturated heterocycles. The van der Waals surface area contributed by atoms with Gasteiger partial charge in [-0.1, -0.05) is 6.92 Å². The van der Waals surface area contributed by atoms with Crippen molar-refractivity contribution in [1.82, 2.24) is 0 Å². The summed E-state index contributed by atoms with van der Waals surface area (Å²) in [6.45, 7) is 2.06. The van der Waals surface area contributed by atoms with Crippen molar-refractivity contribution in [2.75, 3.05) is 18.2 Å². The fourth-order valence-electron chi connectivity index (χ4n) is 1.64. The average molecular weight is 276 g/mol. The van der Waals surface area contributed by atoms with Gasteiger partial charge >= 0.3 is 0 Å². The zero-order valence-corrected chi connectivity index (χ0v) is 11.7. The first-order valence-electron chi connectivity index (χ1n) is 5.97. The number of aryl methyl sites for hydroxylation is 1. The van der Waals surface area contributed by atoms with Crippen molar-refractivity contribution in [2.45, 2.75) is 13.3 Å². The molecule has 3 N–H and O–H groups in total. The Balaban J connectivity index is 2.18. The minimum atomic E-state index is -0.148. The molecule has 0 saturated carbocycles. The van der Waals surface area contributed by atoms with Crippen LogP contribution in [0.25, 0.3) is 0 Å². The maximum Gasteiger partial charge on any atom is 0.265 e. The molecule has 2 aromatic rings. The van der Waals surface area contributed by atoms with Gasteiger partial charge in [-0.05, 0) is 30.7 Å². The van der Waals surface area contributed by atoms with Crippen molar-refractivity contribution in [3.05, 3.63) is 40.1 Å². The van der Waals surface area contributed by atoms with Gasteiger partial charge in [0.25, 0.3) is 5.91 Å². The van der Waals surface area contributed by atoms with Crippen molar-refractivity contribution in [2.24, 2.45) is 0 Å². The van der Waals surface area contributed by atoms with Crippen molar-refractivity contribution < 1.29 is 9.53 Å². The van der Waals surface area contributed by atoms with Crippen LogP contribution in [0.3, 0.4) is 0 Å². The fraction of sp³-hybridized carbons (Fsp3) is 0.214. The Morgan fingerprint density at radius 2 is 2.16 bits per heavy atom. The number of rotatable bonds is 4. The van der Waals surface area contributed by atoms with E-state index >= 15 is 0 Å². The van der Waals surface area contributed by atoms with Crippen LogP contribution in [0.5, 0.6) is 5.75 Å². The molecule has 2 rings (SSSR count). The molecule has 19 heavy (non-hydrogen) atoms. The fourth-order valence-corrected chi connectivity index (χ4v) is 2.49. The first-order chi connectivity index (χ1) is 9.13. The molecule has 0 aliphatic rings. The number of carbonyl (C=O) groups is 1. The predicted molar refractivity (Wildman–Crippen MR) is 79.1 cm³/mol. The highest BCUT2D eigenvalue weighted by atomic mass is 32.1. The Morgan fingerprint density at radius 1 is 1.37 bits per heavy atom. The molecule has 0 bridgehead atoms. The second kappa shape index (κ2) is 5.75. The molecule has 0 fully saturated rings. The SMILES string of the molecule is CCc1ccc(C(=O)Nc2cc(OC)ccc2N)s1. The maximum atomic E-state index is 12.1. The van der Waals surface area contributed by atoms with Crippen LogP contribution in [-0.2, 0) is 6.42 Å². The van der Waals surface area contributed by atoms with E-state index in [2.05, 4.69) is 12.2 Å². The van der Waals surface area contributed by atoms with Gasteiger partial charge in [-0.3, -0.25) is 4.79 Å². The Bertz CT molecular complexity index is 593. The summed E-state index contributed by atoms with van der Waals surface area (Å²) in [6.07, 6.45) is 0.930. The summed E-state index contributed by atoms with van der Waals surface area (Å²) in [7, 11) is 1.57. The van der Waals surface area contributed by atoms with Gasteiger partial charge in [0.2, 0.25) is 0 Å². The van der Waals surface area contributed by atoms with Gasteiger partial charge in [0.15, 0.2) is 0 Å². The molecular formula is C14H16N2O2S.